The van der Waals surface area contributed by atoms with Crippen LogP contribution in [0.2, 0.25) is 5.02 Å². The first-order valence-corrected chi connectivity index (χ1v) is 6.68. The first-order chi connectivity index (χ1) is 7.75. The predicted octanol–water partition coefficient (Wildman–Crippen LogP) is 3.37. The van der Waals surface area contributed by atoms with Crippen LogP contribution in [0, 0.1) is 0 Å². The molecule has 0 amide bonds. The van der Waals surface area contributed by atoms with Gasteiger partial charge in [-0.2, -0.15) is 0 Å². The Kier molecular flexibility index (Phi) is 4.65. The molecule has 88 valence electrons. The summed E-state index contributed by atoms with van der Waals surface area (Å²) in [6.07, 6.45) is 2.18. The van der Waals surface area contributed by atoms with Crippen LogP contribution in [0.4, 0.5) is 0 Å². The Morgan fingerprint density at radius 2 is 2.12 bits per heavy atom. The maximum absolute atomic E-state index is 6.13. The zero-order chi connectivity index (χ0) is 11.4. The second-order valence-corrected chi connectivity index (χ2v) is 5.33. The van der Waals surface area contributed by atoms with Crippen molar-refractivity contribution in [1.29, 1.82) is 0 Å². The van der Waals surface area contributed by atoms with E-state index in [0.717, 1.165) is 47.7 Å². The number of nitrogens with one attached hydrogen (secondary N) is 1. The molecule has 1 heterocycles. The number of halogens is 2. The van der Waals surface area contributed by atoms with Gasteiger partial charge >= 0.3 is 0 Å². The summed E-state index contributed by atoms with van der Waals surface area (Å²) >= 11 is 9.58. The summed E-state index contributed by atoms with van der Waals surface area (Å²) in [5.41, 5.74) is 1.14. The summed E-state index contributed by atoms with van der Waals surface area (Å²) in [6.45, 7) is 2.55. The van der Waals surface area contributed by atoms with E-state index < -0.39 is 0 Å². The summed E-state index contributed by atoms with van der Waals surface area (Å²) in [7, 11) is 0. The van der Waals surface area contributed by atoms with E-state index in [0.29, 0.717) is 6.04 Å². The molecule has 0 atom stereocenters. The van der Waals surface area contributed by atoms with Gasteiger partial charge in [0.25, 0.3) is 0 Å². The molecule has 1 aliphatic heterocycles. The first-order valence-electron chi connectivity index (χ1n) is 5.51. The molecule has 1 aliphatic rings. The lowest BCUT2D eigenvalue weighted by atomic mass is 10.1. The Morgan fingerprint density at radius 1 is 1.38 bits per heavy atom. The van der Waals surface area contributed by atoms with Crippen molar-refractivity contribution in [3.8, 4) is 0 Å². The van der Waals surface area contributed by atoms with Crippen LogP contribution >= 0.6 is 27.5 Å². The monoisotopic (exact) mass is 303 g/mol. The van der Waals surface area contributed by atoms with Crippen molar-refractivity contribution in [2.45, 2.75) is 25.4 Å². The third-order valence-corrected chi connectivity index (χ3v) is 3.67. The molecule has 2 rings (SSSR count). The smallest absolute Gasteiger partial charge is 0.0480 e. The summed E-state index contributed by atoms with van der Waals surface area (Å²) in [5.74, 6) is 0. The molecule has 0 spiro atoms. The van der Waals surface area contributed by atoms with Gasteiger partial charge in [-0.3, -0.25) is 0 Å². The minimum atomic E-state index is 0.559. The van der Waals surface area contributed by atoms with E-state index in [1.807, 2.05) is 12.1 Å². The lowest BCUT2D eigenvalue weighted by Crippen LogP contribution is -2.34. The van der Waals surface area contributed by atoms with Gasteiger partial charge in [0, 0.05) is 35.3 Å². The Bertz CT molecular complexity index is 353. The summed E-state index contributed by atoms with van der Waals surface area (Å²) in [5, 5.41) is 4.34. The van der Waals surface area contributed by atoms with E-state index in [4.69, 9.17) is 16.3 Å². The van der Waals surface area contributed by atoms with Crippen LogP contribution in [-0.2, 0) is 11.3 Å². The fourth-order valence-corrected chi connectivity index (χ4v) is 2.43. The van der Waals surface area contributed by atoms with Gasteiger partial charge in [-0.1, -0.05) is 27.5 Å². The highest BCUT2D eigenvalue weighted by Crippen LogP contribution is 2.21. The zero-order valence-electron chi connectivity index (χ0n) is 9.01. The van der Waals surface area contributed by atoms with Crippen molar-refractivity contribution in [3.05, 3.63) is 33.3 Å². The SMILES string of the molecule is Clc1ccc(Br)cc1CNC1CCOCC1. The molecule has 0 aliphatic carbocycles. The van der Waals surface area contributed by atoms with Crippen molar-refractivity contribution in [2.24, 2.45) is 0 Å². The highest BCUT2D eigenvalue weighted by molar-refractivity contribution is 9.10. The van der Waals surface area contributed by atoms with E-state index in [1.54, 1.807) is 0 Å². The van der Waals surface area contributed by atoms with Crippen LogP contribution < -0.4 is 5.32 Å². The highest BCUT2D eigenvalue weighted by atomic mass is 79.9. The molecule has 2 nitrogen and oxygen atoms in total. The Morgan fingerprint density at radius 3 is 2.88 bits per heavy atom. The van der Waals surface area contributed by atoms with Crippen molar-refractivity contribution in [3.63, 3.8) is 0 Å². The zero-order valence-corrected chi connectivity index (χ0v) is 11.4. The van der Waals surface area contributed by atoms with Crippen LogP contribution in [-0.4, -0.2) is 19.3 Å². The normalized spacial score (nSPS) is 17.6. The second-order valence-electron chi connectivity index (χ2n) is 4.00. The number of rotatable bonds is 3. The molecule has 1 aromatic carbocycles. The van der Waals surface area contributed by atoms with Gasteiger partial charge in [-0.15, -0.1) is 0 Å². The Balaban J connectivity index is 1.90. The average Bonchev–Trinajstić information content (AvgIpc) is 2.32. The van der Waals surface area contributed by atoms with Crippen LogP contribution in [0.15, 0.2) is 22.7 Å². The van der Waals surface area contributed by atoms with Gasteiger partial charge in [-0.05, 0) is 36.6 Å². The molecule has 1 aromatic rings. The molecule has 0 radical (unpaired) electrons. The molecule has 16 heavy (non-hydrogen) atoms. The minimum absolute atomic E-state index is 0.559. The van der Waals surface area contributed by atoms with E-state index in [1.165, 1.54) is 0 Å². The number of benzene rings is 1. The van der Waals surface area contributed by atoms with Crippen LogP contribution in [0.5, 0.6) is 0 Å². The van der Waals surface area contributed by atoms with Gasteiger partial charge in [-0.25, -0.2) is 0 Å². The van der Waals surface area contributed by atoms with Crippen molar-refractivity contribution in [2.75, 3.05) is 13.2 Å². The molecule has 0 bridgehead atoms. The van der Waals surface area contributed by atoms with E-state index in [9.17, 15) is 0 Å². The van der Waals surface area contributed by atoms with Gasteiger partial charge < -0.3 is 10.1 Å². The third kappa shape index (κ3) is 3.45. The molecule has 0 unspecified atom stereocenters. The van der Waals surface area contributed by atoms with Crippen LogP contribution in [0.3, 0.4) is 0 Å². The lowest BCUT2D eigenvalue weighted by Gasteiger charge is -2.23. The molecular formula is C12H15BrClNO. The molecule has 4 heteroatoms. The standard InChI is InChI=1S/C12H15BrClNO/c13-10-1-2-12(14)9(7-10)8-15-11-3-5-16-6-4-11/h1-2,7,11,15H,3-6,8H2. The highest BCUT2D eigenvalue weighted by Gasteiger charge is 2.13. The average molecular weight is 305 g/mol. The fourth-order valence-electron chi connectivity index (χ4n) is 1.83. The minimum Gasteiger partial charge on any atom is -0.381 e. The molecule has 0 aromatic heterocycles. The predicted molar refractivity (Wildman–Crippen MR) is 69.8 cm³/mol. The maximum Gasteiger partial charge on any atom is 0.0480 e. The summed E-state index contributed by atoms with van der Waals surface area (Å²) in [4.78, 5) is 0. The Labute approximate surface area is 109 Å². The summed E-state index contributed by atoms with van der Waals surface area (Å²) < 4.78 is 6.39. The van der Waals surface area contributed by atoms with Crippen molar-refractivity contribution >= 4 is 27.5 Å². The topological polar surface area (TPSA) is 21.3 Å². The fraction of sp³-hybridized carbons (Fsp3) is 0.500. The Hall–Kier alpha value is -0.0900. The second kappa shape index (κ2) is 6.01. The number of ether oxygens (including phenoxy) is 1. The van der Waals surface area contributed by atoms with E-state index >= 15 is 0 Å². The molecule has 1 saturated heterocycles. The van der Waals surface area contributed by atoms with E-state index in [2.05, 4.69) is 27.3 Å². The van der Waals surface area contributed by atoms with Gasteiger partial charge in [0.05, 0.1) is 0 Å². The molecule has 1 N–H and O–H groups in total. The van der Waals surface area contributed by atoms with Crippen LogP contribution in [0.25, 0.3) is 0 Å². The molecule has 1 fully saturated rings. The van der Waals surface area contributed by atoms with Gasteiger partial charge in [0.1, 0.15) is 0 Å². The third-order valence-electron chi connectivity index (χ3n) is 2.81. The molecule has 0 saturated carbocycles. The number of hydrogen-bond donors (Lipinski definition) is 1. The number of hydrogen-bond acceptors (Lipinski definition) is 2. The van der Waals surface area contributed by atoms with Gasteiger partial charge in [0.15, 0.2) is 0 Å². The quantitative estimate of drug-likeness (QED) is 0.924. The van der Waals surface area contributed by atoms with Crippen LogP contribution in [0.1, 0.15) is 18.4 Å². The van der Waals surface area contributed by atoms with Crippen molar-refractivity contribution in [1.82, 2.24) is 5.32 Å². The van der Waals surface area contributed by atoms with E-state index in [-0.39, 0.29) is 0 Å². The van der Waals surface area contributed by atoms with Crippen molar-refractivity contribution < 1.29 is 4.74 Å². The lowest BCUT2D eigenvalue weighted by molar-refractivity contribution is 0.0776. The summed E-state index contributed by atoms with van der Waals surface area (Å²) in [6, 6.07) is 6.51. The molecular weight excluding hydrogens is 289 g/mol. The van der Waals surface area contributed by atoms with Gasteiger partial charge in [0.2, 0.25) is 0 Å². The largest absolute Gasteiger partial charge is 0.381 e. The maximum atomic E-state index is 6.13. The first kappa shape index (κ1) is 12.4.